The van der Waals surface area contributed by atoms with Crippen LogP contribution in [0.2, 0.25) is 0 Å². The highest BCUT2D eigenvalue weighted by Gasteiger charge is 2.11. The van der Waals surface area contributed by atoms with E-state index in [-0.39, 0.29) is 0 Å². The fraction of sp³-hybridized carbons (Fsp3) is 0.409. The van der Waals surface area contributed by atoms with Gasteiger partial charge >= 0.3 is 0 Å². The third-order valence-corrected chi connectivity index (χ3v) is 5.06. The van der Waals surface area contributed by atoms with Crippen molar-refractivity contribution in [2.24, 2.45) is 4.99 Å². The van der Waals surface area contributed by atoms with E-state index in [1.54, 1.807) is 0 Å². The summed E-state index contributed by atoms with van der Waals surface area (Å²) in [5, 5.41) is 0. The number of nitrogens with zero attached hydrogens (tertiary/aromatic N) is 2. The van der Waals surface area contributed by atoms with Gasteiger partial charge in [-0.2, -0.15) is 0 Å². The normalized spacial score (nSPS) is 16.4. The first-order valence-electron chi connectivity index (χ1n) is 9.24. The van der Waals surface area contributed by atoms with Crippen molar-refractivity contribution in [2.75, 3.05) is 31.2 Å². The van der Waals surface area contributed by atoms with E-state index in [0.29, 0.717) is 5.92 Å². The number of morpholine rings is 1. The van der Waals surface area contributed by atoms with Crippen molar-refractivity contribution < 1.29 is 4.74 Å². The van der Waals surface area contributed by atoms with E-state index >= 15 is 0 Å². The molecule has 0 radical (unpaired) electrons. The summed E-state index contributed by atoms with van der Waals surface area (Å²) in [6.07, 6.45) is 3.13. The molecule has 0 aromatic heterocycles. The van der Waals surface area contributed by atoms with Crippen LogP contribution in [0.4, 0.5) is 11.4 Å². The Kier molecular flexibility index (Phi) is 5.87. The van der Waals surface area contributed by atoms with Crippen molar-refractivity contribution in [3.05, 3.63) is 59.2 Å². The summed E-state index contributed by atoms with van der Waals surface area (Å²) in [6.45, 7) is 10.2. The molecule has 0 spiro atoms. The molecule has 1 aliphatic heterocycles. The molecule has 3 rings (SSSR count). The van der Waals surface area contributed by atoms with Crippen LogP contribution >= 0.6 is 0 Å². The number of rotatable bonds is 5. The number of ether oxygens (including phenoxy) is 1. The summed E-state index contributed by atoms with van der Waals surface area (Å²) in [6, 6.07) is 15.2. The quantitative estimate of drug-likeness (QED) is 0.710. The van der Waals surface area contributed by atoms with Crippen molar-refractivity contribution in [1.29, 1.82) is 0 Å². The molecular weight excluding hydrogens is 308 g/mol. The zero-order valence-corrected chi connectivity index (χ0v) is 15.5. The third-order valence-electron chi connectivity index (χ3n) is 5.06. The number of aryl methyl sites for hydroxylation is 1. The molecule has 1 heterocycles. The number of benzene rings is 2. The van der Waals surface area contributed by atoms with Gasteiger partial charge in [-0.1, -0.05) is 32.0 Å². The molecule has 1 aliphatic rings. The number of hydrogen-bond acceptors (Lipinski definition) is 3. The molecule has 2 aromatic rings. The maximum atomic E-state index is 5.43. The minimum Gasteiger partial charge on any atom is -0.378 e. The topological polar surface area (TPSA) is 24.8 Å². The molecule has 0 aliphatic carbocycles. The van der Waals surface area contributed by atoms with Crippen LogP contribution < -0.4 is 4.90 Å². The highest BCUT2D eigenvalue weighted by Crippen LogP contribution is 2.23. The van der Waals surface area contributed by atoms with Gasteiger partial charge in [0, 0.05) is 25.0 Å². The van der Waals surface area contributed by atoms with E-state index in [1.165, 1.54) is 22.4 Å². The zero-order chi connectivity index (χ0) is 17.6. The van der Waals surface area contributed by atoms with Gasteiger partial charge in [0.2, 0.25) is 0 Å². The second-order valence-electron chi connectivity index (χ2n) is 6.80. The molecule has 1 atom stereocenters. The number of hydrogen-bond donors (Lipinski definition) is 0. The Morgan fingerprint density at radius 3 is 2.48 bits per heavy atom. The lowest BCUT2D eigenvalue weighted by Gasteiger charge is -2.29. The van der Waals surface area contributed by atoms with Crippen molar-refractivity contribution in [1.82, 2.24) is 0 Å². The van der Waals surface area contributed by atoms with Crippen LogP contribution in [-0.2, 0) is 4.74 Å². The van der Waals surface area contributed by atoms with E-state index in [2.05, 4.69) is 73.1 Å². The van der Waals surface area contributed by atoms with E-state index in [0.717, 1.165) is 38.4 Å². The first-order chi connectivity index (χ1) is 12.2. The molecule has 1 fully saturated rings. The molecule has 1 saturated heterocycles. The monoisotopic (exact) mass is 336 g/mol. The Morgan fingerprint density at radius 2 is 1.84 bits per heavy atom. The van der Waals surface area contributed by atoms with Gasteiger partial charge in [-0.15, -0.1) is 0 Å². The van der Waals surface area contributed by atoms with Crippen LogP contribution in [0.15, 0.2) is 47.5 Å². The molecule has 0 amide bonds. The smallest absolute Gasteiger partial charge is 0.0642 e. The van der Waals surface area contributed by atoms with Gasteiger partial charge in [-0.05, 0) is 60.2 Å². The molecule has 3 nitrogen and oxygen atoms in total. The minimum atomic E-state index is 0.605. The molecule has 0 unspecified atom stereocenters. The van der Waals surface area contributed by atoms with E-state index < -0.39 is 0 Å². The van der Waals surface area contributed by atoms with Gasteiger partial charge in [0.15, 0.2) is 0 Å². The summed E-state index contributed by atoms with van der Waals surface area (Å²) in [5.74, 6) is 0.605. The zero-order valence-electron chi connectivity index (χ0n) is 15.5. The van der Waals surface area contributed by atoms with Crippen LogP contribution in [0.25, 0.3) is 0 Å². The Balaban J connectivity index is 1.70. The highest BCUT2D eigenvalue weighted by atomic mass is 16.5. The minimum absolute atomic E-state index is 0.605. The fourth-order valence-corrected chi connectivity index (χ4v) is 3.09. The van der Waals surface area contributed by atoms with E-state index in [9.17, 15) is 0 Å². The first kappa shape index (κ1) is 17.7. The van der Waals surface area contributed by atoms with Crippen molar-refractivity contribution in [3.63, 3.8) is 0 Å². The van der Waals surface area contributed by atoms with Gasteiger partial charge in [0.1, 0.15) is 0 Å². The van der Waals surface area contributed by atoms with E-state index in [4.69, 9.17) is 4.74 Å². The average Bonchev–Trinajstić information content (AvgIpc) is 2.67. The fourth-order valence-electron chi connectivity index (χ4n) is 3.09. The molecule has 2 aromatic carbocycles. The molecular formula is C22H28N2O. The lowest BCUT2D eigenvalue weighted by atomic mass is 9.99. The van der Waals surface area contributed by atoms with Gasteiger partial charge < -0.3 is 9.64 Å². The number of anilines is 1. The maximum absolute atomic E-state index is 5.43. The van der Waals surface area contributed by atoms with Gasteiger partial charge in [0.05, 0.1) is 18.9 Å². The molecule has 0 N–H and O–H groups in total. The lowest BCUT2D eigenvalue weighted by molar-refractivity contribution is 0.122. The van der Waals surface area contributed by atoms with Crippen LogP contribution in [0.1, 0.15) is 42.9 Å². The Hall–Kier alpha value is -2.13. The Bertz CT molecular complexity index is 715. The molecule has 3 heteroatoms. The predicted octanol–water partition coefficient (Wildman–Crippen LogP) is 5.10. The Labute approximate surface area is 151 Å². The molecule has 0 saturated carbocycles. The van der Waals surface area contributed by atoms with Gasteiger partial charge in [-0.25, -0.2) is 0 Å². The van der Waals surface area contributed by atoms with Crippen molar-refractivity contribution in [3.8, 4) is 0 Å². The molecule has 0 bridgehead atoms. The van der Waals surface area contributed by atoms with Crippen LogP contribution in [0, 0.1) is 6.92 Å². The summed E-state index contributed by atoms with van der Waals surface area (Å²) in [7, 11) is 0. The summed E-state index contributed by atoms with van der Waals surface area (Å²) in [4.78, 5) is 7.03. The standard InChI is InChI=1S/C22H28N2O/c1-4-17(2)19-5-8-21(9-6-19)23-16-20-7-10-22(15-18(20)3)24-11-13-25-14-12-24/h5-10,15-17H,4,11-14H2,1-3H3/t17-/m0/s1. The van der Waals surface area contributed by atoms with Crippen LogP contribution in [-0.4, -0.2) is 32.5 Å². The average molecular weight is 336 g/mol. The molecule has 132 valence electrons. The SMILES string of the molecule is CC[C@H](C)c1ccc(N=Cc2ccc(N3CCOCC3)cc2C)cc1. The predicted molar refractivity (Wildman–Crippen MR) is 107 cm³/mol. The highest BCUT2D eigenvalue weighted by molar-refractivity contribution is 5.84. The summed E-state index contributed by atoms with van der Waals surface area (Å²) in [5.41, 5.74) is 6.08. The van der Waals surface area contributed by atoms with Crippen molar-refractivity contribution >= 4 is 17.6 Å². The van der Waals surface area contributed by atoms with Gasteiger partial charge in [0.25, 0.3) is 0 Å². The van der Waals surface area contributed by atoms with E-state index in [1.807, 2.05) is 6.21 Å². The summed E-state index contributed by atoms with van der Waals surface area (Å²) >= 11 is 0. The maximum Gasteiger partial charge on any atom is 0.0642 e. The largest absolute Gasteiger partial charge is 0.378 e. The van der Waals surface area contributed by atoms with Crippen molar-refractivity contribution in [2.45, 2.75) is 33.1 Å². The van der Waals surface area contributed by atoms with Gasteiger partial charge in [-0.3, -0.25) is 4.99 Å². The third kappa shape index (κ3) is 4.49. The first-order valence-corrected chi connectivity index (χ1v) is 9.24. The second-order valence-corrected chi connectivity index (χ2v) is 6.80. The van der Waals surface area contributed by atoms with Crippen LogP contribution in [0.3, 0.4) is 0 Å². The van der Waals surface area contributed by atoms with Crippen LogP contribution in [0.5, 0.6) is 0 Å². The summed E-state index contributed by atoms with van der Waals surface area (Å²) < 4.78 is 5.43. The second kappa shape index (κ2) is 8.30. The number of aliphatic imine (C=N–C) groups is 1. The Morgan fingerprint density at radius 1 is 1.12 bits per heavy atom. The molecule has 25 heavy (non-hydrogen) atoms. The lowest BCUT2D eigenvalue weighted by Crippen LogP contribution is -2.36.